The first-order valence-corrected chi connectivity index (χ1v) is 13.3. The highest BCUT2D eigenvalue weighted by atomic mass is 35.5. The molecule has 1 amide bonds. The second-order valence-corrected chi connectivity index (χ2v) is 11.0. The van der Waals surface area contributed by atoms with Gasteiger partial charge in [-0.05, 0) is 68.7 Å². The van der Waals surface area contributed by atoms with E-state index < -0.39 is 0 Å². The van der Waals surface area contributed by atoms with Crippen molar-refractivity contribution in [1.29, 1.82) is 0 Å². The quantitative estimate of drug-likeness (QED) is 0.215. The number of carbonyl (C=O) groups excluding carboxylic acids is 1. The maximum Gasteiger partial charge on any atom is 0.234 e. The summed E-state index contributed by atoms with van der Waals surface area (Å²) >= 11 is 8.01. The van der Waals surface area contributed by atoms with Gasteiger partial charge in [-0.15, -0.1) is 0 Å². The standard InChI is InChI=1S/C27H28ClN7O2S/c1-27(2,3)32-15-24(36)29-10-12-35-11-9-20-25(35)26(31-16-30-20)34-17-7-8-22(19(28)13-17)37-21-5-4-6-23-18(21)14-33-38-23/h4-9,11,13-14,16,32H,10,12,15H2,1-3H3,(H,29,36)(H,30,31,34). The minimum atomic E-state index is -0.116. The zero-order valence-electron chi connectivity index (χ0n) is 21.3. The molecule has 11 heteroatoms. The van der Waals surface area contributed by atoms with E-state index in [0.717, 1.165) is 26.8 Å². The van der Waals surface area contributed by atoms with Gasteiger partial charge in [0.1, 0.15) is 23.3 Å². The summed E-state index contributed by atoms with van der Waals surface area (Å²) in [7, 11) is 0. The van der Waals surface area contributed by atoms with Crippen molar-refractivity contribution in [3.8, 4) is 11.5 Å². The topological polar surface area (TPSA) is 106 Å². The molecule has 3 aromatic heterocycles. The maximum atomic E-state index is 12.2. The van der Waals surface area contributed by atoms with Gasteiger partial charge in [0, 0.05) is 30.5 Å². The van der Waals surface area contributed by atoms with Gasteiger partial charge in [-0.3, -0.25) is 4.79 Å². The Labute approximate surface area is 229 Å². The Bertz CT molecular complexity index is 1590. The van der Waals surface area contributed by atoms with E-state index in [4.69, 9.17) is 16.3 Å². The Morgan fingerprint density at radius 3 is 2.82 bits per heavy atom. The van der Waals surface area contributed by atoms with Gasteiger partial charge in [-0.25, -0.2) is 9.97 Å². The normalized spacial score (nSPS) is 11.7. The lowest BCUT2D eigenvalue weighted by Crippen LogP contribution is -2.43. The number of hydrogen-bond donors (Lipinski definition) is 3. The summed E-state index contributed by atoms with van der Waals surface area (Å²) in [5, 5.41) is 10.9. The van der Waals surface area contributed by atoms with Crippen LogP contribution in [0.15, 0.2) is 61.2 Å². The molecule has 3 heterocycles. The summed E-state index contributed by atoms with van der Waals surface area (Å²) in [6, 6.07) is 13.3. The number of nitrogens with zero attached hydrogens (tertiary/aromatic N) is 4. The molecule has 5 aromatic rings. The fraction of sp³-hybridized carbons (Fsp3) is 0.259. The predicted octanol–water partition coefficient (Wildman–Crippen LogP) is 5.73. The molecule has 196 valence electrons. The third-order valence-electron chi connectivity index (χ3n) is 5.78. The van der Waals surface area contributed by atoms with Crippen LogP contribution in [0.2, 0.25) is 5.02 Å². The second-order valence-electron chi connectivity index (χ2n) is 9.78. The molecule has 0 aliphatic heterocycles. The summed E-state index contributed by atoms with van der Waals surface area (Å²) in [5.74, 6) is 1.84. The van der Waals surface area contributed by atoms with Crippen LogP contribution in [-0.4, -0.2) is 43.4 Å². The van der Waals surface area contributed by atoms with Crippen LogP contribution in [0.1, 0.15) is 20.8 Å². The Balaban J connectivity index is 1.28. The first-order chi connectivity index (χ1) is 18.3. The van der Waals surface area contributed by atoms with Crippen molar-refractivity contribution < 1.29 is 9.53 Å². The number of hydrogen-bond acceptors (Lipinski definition) is 8. The van der Waals surface area contributed by atoms with Crippen LogP contribution in [-0.2, 0) is 11.3 Å². The van der Waals surface area contributed by atoms with E-state index >= 15 is 0 Å². The van der Waals surface area contributed by atoms with Gasteiger partial charge in [-0.1, -0.05) is 17.7 Å². The maximum absolute atomic E-state index is 12.2. The van der Waals surface area contributed by atoms with E-state index in [1.807, 2.05) is 67.9 Å². The van der Waals surface area contributed by atoms with Crippen molar-refractivity contribution in [2.24, 2.45) is 0 Å². The van der Waals surface area contributed by atoms with Crippen LogP contribution < -0.4 is 20.7 Å². The third-order valence-corrected chi connectivity index (χ3v) is 6.84. The number of rotatable bonds is 9. The molecule has 0 fully saturated rings. The first kappa shape index (κ1) is 25.9. The number of nitrogens with one attached hydrogen (secondary N) is 3. The number of carbonyl (C=O) groups is 1. The lowest BCUT2D eigenvalue weighted by Gasteiger charge is -2.20. The molecule has 0 saturated heterocycles. The van der Waals surface area contributed by atoms with Gasteiger partial charge >= 0.3 is 0 Å². The molecule has 0 unspecified atom stereocenters. The number of halogens is 1. The Morgan fingerprint density at radius 1 is 1.13 bits per heavy atom. The second kappa shape index (κ2) is 10.9. The van der Waals surface area contributed by atoms with Crippen molar-refractivity contribution >= 4 is 61.7 Å². The van der Waals surface area contributed by atoms with Gasteiger partial charge in [-0.2, -0.15) is 4.37 Å². The zero-order valence-corrected chi connectivity index (χ0v) is 22.9. The summed E-state index contributed by atoms with van der Waals surface area (Å²) in [5.41, 5.74) is 2.27. The molecule has 5 rings (SSSR count). The molecular formula is C27H28ClN7O2S. The predicted molar refractivity (Wildman–Crippen MR) is 153 cm³/mol. The molecule has 0 bridgehead atoms. The number of aromatic nitrogens is 4. The molecule has 0 aliphatic rings. The van der Waals surface area contributed by atoms with Gasteiger partial charge in [0.25, 0.3) is 0 Å². The van der Waals surface area contributed by atoms with Gasteiger partial charge < -0.3 is 25.3 Å². The molecule has 2 aromatic carbocycles. The van der Waals surface area contributed by atoms with Crippen LogP contribution in [0, 0.1) is 0 Å². The minimum absolute atomic E-state index is 0.0468. The Kier molecular flexibility index (Phi) is 7.46. The molecule has 9 nitrogen and oxygen atoms in total. The van der Waals surface area contributed by atoms with Crippen molar-refractivity contribution in [2.45, 2.75) is 32.9 Å². The molecule has 0 spiro atoms. The highest BCUT2D eigenvalue weighted by Crippen LogP contribution is 2.36. The number of benzene rings is 2. The number of ether oxygens (including phenoxy) is 1. The van der Waals surface area contributed by atoms with E-state index in [2.05, 4.69) is 30.3 Å². The summed E-state index contributed by atoms with van der Waals surface area (Å²) < 4.78 is 13.4. The van der Waals surface area contributed by atoms with Crippen LogP contribution in [0.25, 0.3) is 21.1 Å². The lowest BCUT2D eigenvalue weighted by atomic mass is 10.1. The summed E-state index contributed by atoms with van der Waals surface area (Å²) in [4.78, 5) is 21.0. The molecule has 0 saturated carbocycles. The fourth-order valence-electron chi connectivity index (χ4n) is 3.91. The van der Waals surface area contributed by atoms with Crippen molar-refractivity contribution in [2.75, 3.05) is 18.4 Å². The van der Waals surface area contributed by atoms with Crippen molar-refractivity contribution in [1.82, 2.24) is 29.5 Å². The number of amides is 1. The van der Waals surface area contributed by atoms with Crippen LogP contribution in [0.4, 0.5) is 11.5 Å². The largest absolute Gasteiger partial charge is 0.455 e. The highest BCUT2D eigenvalue weighted by molar-refractivity contribution is 7.13. The lowest BCUT2D eigenvalue weighted by molar-refractivity contribution is -0.120. The monoisotopic (exact) mass is 549 g/mol. The van der Waals surface area contributed by atoms with Crippen molar-refractivity contribution in [3.05, 3.63) is 66.2 Å². The third kappa shape index (κ3) is 6.04. The van der Waals surface area contributed by atoms with Crippen LogP contribution in [0.3, 0.4) is 0 Å². The van der Waals surface area contributed by atoms with E-state index in [9.17, 15) is 4.79 Å². The van der Waals surface area contributed by atoms with Crippen molar-refractivity contribution in [3.63, 3.8) is 0 Å². The molecule has 3 N–H and O–H groups in total. The minimum Gasteiger partial charge on any atom is -0.455 e. The van der Waals surface area contributed by atoms with E-state index in [0.29, 0.717) is 35.4 Å². The SMILES string of the molecule is CC(C)(C)NCC(=O)NCCn1ccc2ncnc(Nc3ccc(Oc4cccc5sncc45)c(Cl)c3)c21. The molecular weight excluding hydrogens is 522 g/mol. The smallest absolute Gasteiger partial charge is 0.234 e. The molecule has 0 radical (unpaired) electrons. The van der Waals surface area contributed by atoms with Gasteiger partial charge in [0.2, 0.25) is 5.91 Å². The van der Waals surface area contributed by atoms with Gasteiger partial charge in [0.15, 0.2) is 5.82 Å². The zero-order chi connectivity index (χ0) is 26.7. The number of anilines is 2. The molecule has 38 heavy (non-hydrogen) atoms. The fourth-order valence-corrected chi connectivity index (χ4v) is 4.79. The van der Waals surface area contributed by atoms with Gasteiger partial charge in [0.05, 0.1) is 33.4 Å². The van der Waals surface area contributed by atoms with Crippen LogP contribution in [0.5, 0.6) is 11.5 Å². The highest BCUT2D eigenvalue weighted by Gasteiger charge is 2.14. The summed E-state index contributed by atoms with van der Waals surface area (Å²) in [6.45, 7) is 7.40. The van der Waals surface area contributed by atoms with E-state index in [1.54, 1.807) is 12.3 Å². The average molecular weight is 550 g/mol. The number of fused-ring (bicyclic) bond motifs is 2. The Hall–Kier alpha value is -3.73. The van der Waals surface area contributed by atoms with Crippen LogP contribution >= 0.6 is 23.1 Å². The van der Waals surface area contributed by atoms with E-state index in [-0.39, 0.29) is 18.0 Å². The first-order valence-electron chi connectivity index (χ1n) is 12.2. The molecule has 0 atom stereocenters. The summed E-state index contributed by atoms with van der Waals surface area (Å²) in [6.07, 6.45) is 5.25. The van der Waals surface area contributed by atoms with E-state index in [1.165, 1.54) is 17.9 Å². The average Bonchev–Trinajstić information content (AvgIpc) is 3.52. The Morgan fingerprint density at radius 2 is 2.00 bits per heavy atom. The molecule has 0 aliphatic carbocycles.